The molecule has 2 saturated carbocycles. The molecule has 0 saturated heterocycles. The second-order valence-corrected chi connectivity index (χ2v) is 16.2. The van der Waals surface area contributed by atoms with Crippen molar-refractivity contribution in [2.45, 2.75) is 127 Å². The molecule has 2 fully saturated rings. The number of terminal acetylenes is 1. The predicted octanol–water partition coefficient (Wildman–Crippen LogP) is 4.92. The van der Waals surface area contributed by atoms with Gasteiger partial charge in [0.1, 0.15) is 12.1 Å². The van der Waals surface area contributed by atoms with Crippen molar-refractivity contribution in [3.63, 3.8) is 0 Å². The zero-order chi connectivity index (χ0) is 31.6. The summed E-state index contributed by atoms with van der Waals surface area (Å²) in [5, 5.41) is 28.4. The standard InChI is InChI=1S/C34H51ClN2O5S/c1-5-6-15-30(38)31(39)28(20-23-11-8-7-9-12-23)36-33(41)29(21-24-16-17-24)37-32(40)26(22-43(42)34(2,3)4)18-25-13-10-14-27(35)19-25/h1,10,13-14,19,23-24,26,28-31,38-39H,6-9,11-12,15-18,20-22H2,2-4H3,(H,36,41)(H,37,40)/t26-,28+,29+,30+,31-,43?/m1/s1. The quantitative estimate of drug-likeness (QED) is 0.193. The van der Waals surface area contributed by atoms with Gasteiger partial charge < -0.3 is 20.8 Å². The van der Waals surface area contributed by atoms with Crippen molar-refractivity contribution in [1.82, 2.24) is 10.6 Å². The molecular weight excluding hydrogens is 584 g/mol. The average molecular weight is 635 g/mol. The van der Waals surface area contributed by atoms with E-state index < -0.39 is 45.8 Å². The van der Waals surface area contributed by atoms with E-state index in [4.69, 9.17) is 18.0 Å². The van der Waals surface area contributed by atoms with Crippen LogP contribution in [0.1, 0.15) is 97.0 Å². The molecule has 1 aromatic rings. The van der Waals surface area contributed by atoms with Crippen LogP contribution in [0, 0.1) is 30.1 Å². The number of carbonyl (C=O) groups is 2. The lowest BCUT2D eigenvalue weighted by molar-refractivity contribution is -0.132. The van der Waals surface area contributed by atoms with Crippen molar-refractivity contribution in [3.05, 3.63) is 34.9 Å². The molecule has 0 spiro atoms. The van der Waals surface area contributed by atoms with E-state index >= 15 is 0 Å². The first-order valence-electron chi connectivity index (χ1n) is 15.9. The molecular formula is C34H51ClN2O5S. The fourth-order valence-corrected chi connectivity index (χ4v) is 7.18. The molecule has 9 heteroatoms. The highest BCUT2D eigenvalue weighted by Crippen LogP contribution is 2.34. The number of benzene rings is 1. The molecule has 2 aliphatic rings. The molecule has 0 bridgehead atoms. The Balaban J connectivity index is 1.78. The molecule has 0 aliphatic heterocycles. The summed E-state index contributed by atoms with van der Waals surface area (Å²) in [6.07, 6.45) is 12.6. The van der Waals surface area contributed by atoms with E-state index in [-0.39, 0.29) is 24.0 Å². The number of aliphatic hydroxyl groups excluding tert-OH is 2. The van der Waals surface area contributed by atoms with Gasteiger partial charge in [-0.3, -0.25) is 13.8 Å². The molecule has 1 aromatic carbocycles. The van der Waals surface area contributed by atoms with E-state index in [0.717, 1.165) is 44.1 Å². The average Bonchev–Trinajstić information content (AvgIpc) is 3.78. The third-order valence-electron chi connectivity index (χ3n) is 8.71. The van der Waals surface area contributed by atoms with E-state index in [2.05, 4.69) is 16.6 Å². The summed E-state index contributed by atoms with van der Waals surface area (Å²) in [6, 6.07) is 5.84. The highest BCUT2D eigenvalue weighted by molar-refractivity contribution is 7.86. The van der Waals surface area contributed by atoms with Crippen LogP contribution in [0.25, 0.3) is 0 Å². The number of hydrogen-bond acceptors (Lipinski definition) is 5. The summed E-state index contributed by atoms with van der Waals surface area (Å²) >= 11 is 6.21. The maximum absolute atomic E-state index is 13.8. The number of amides is 2. The largest absolute Gasteiger partial charge is 0.390 e. The third kappa shape index (κ3) is 12.2. The molecule has 7 nitrogen and oxygen atoms in total. The van der Waals surface area contributed by atoms with Gasteiger partial charge in [0, 0.05) is 32.7 Å². The molecule has 4 N–H and O–H groups in total. The highest BCUT2D eigenvalue weighted by Gasteiger charge is 2.37. The van der Waals surface area contributed by atoms with Crippen LogP contribution in [-0.2, 0) is 26.8 Å². The smallest absolute Gasteiger partial charge is 0.242 e. The monoisotopic (exact) mass is 634 g/mol. The minimum absolute atomic E-state index is 0.157. The van der Waals surface area contributed by atoms with Crippen molar-refractivity contribution in [1.29, 1.82) is 0 Å². The summed E-state index contributed by atoms with van der Waals surface area (Å²) in [6.45, 7) is 5.66. The SMILES string of the molecule is C#CCC[C@H](O)[C@H](O)[C@H](CC1CCCCC1)NC(=O)[C@H](CC1CC1)NC(=O)[C@H](Cc1cccc(Cl)c1)CS(=O)C(C)(C)C. The fourth-order valence-electron chi connectivity index (χ4n) is 5.84. The second-order valence-electron chi connectivity index (χ2n) is 13.6. The number of hydrogen-bond donors (Lipinski definition) is 4. The Labute approximate surface area is 265 Å². The first-order valence-corrected chi connectivity index (χ1v) is 17.6. The second kappa shape index (κ2) is 17.0. The number of carbonyl (C=O) groups excluding carboxylic acids is 2. The van der Waals surface area contributed by atoms with Gasteiger partial charge >= 0.3 is 0 Å². The summed E-state index contributed by atoms with van der Waals surface area (Å²) in [5.74, 6) is 2.04. The Kier molecular flexibility index (Phi) is 14.0. The lowest BCUT2D eigenvalue weighted by Gasteiger charge is -2.33. The van der Waals surface area contributed by atoms with Crippen LogP contribution in [0.15, 0.2) is 24.3 Å². The van der Waals surface area contributed by atoms with Gasteiger partial charge in [0.2, 0.25) is 11.8 Å². The number of nitrogens with one attached hydrogen (secondary N) is 2. The number of aliphatic hydroxyl groups is 2. The summed E-state index contributed by atoms with van der Waals surface area (Å²) in [4.78, 5) is 27.6. The van der Waals surface area contributed by atoms with Crippen molar-refractivity contribution in [2.24, 2.45) is 17.8 Å². The molecule has 0 aromatic heterocycles. The Morgan fingerprint density at radius 3 is 2.33 bits per heavy atom. The van der Waals surface area contributed by atoms with Crippen molar-refractivity contribution in [2.75, 3.05) is 5.75 Å². The molecule has 0 radical (unpaired) electrons. The minimum Gasteiger partial charge on any atom is -0.390 e. The lowest BCUT2D eigenvalue weighted by Crippen LogP contribution is -2.56. The zero-order valence-corrected chi connectivity index (χ0v) is 27.6. The maximum atomic E-state index is 13.8. The van der Waals surface area contributed by atoms with Crippen LogP contribution < -0.4 is 10.6 Å². The molecule has 2 amide bonds. The van der Waals surface area contributed by atoms with E-state index in [1.165, 1.54) is 6.42 Å². The van der Waals surface area contributed by atoms with Crippen LogP contribution in [0.4, 0.5) is 0 Å². The summed E-state index contributed by atoms with van der Waals surface area (Å²) in [5.41, 5.74) is 0.860. The first-order chi connectivity index (χ1) is 20.4. The van der Waals surface area contributed by atoms with Crippen LogP contribution >= 0.6 is 11.6 Å². The van der Waals surface area contributed by atoms with Gasteiger partial charge in [-0.2, -0.15) is 0 Å². The van der Waals surface area contributed by atoms with Crippen molar-refractivity contribution in [3.8, 4) is 12.3 Å². The number of rotatable bonds is 16. The van der Waals surface area contributed by atoms with Crippen molar-refractivity contribution < 1.29 is 24.0 Å². The zero-order valence-electron chi connectivity index (χ0n) is 26.0. The normalized spacial score (nSPS) is 20.2. The van der Waals surface area contributed by atoms with Gasteiger partial charge in [0.25, 0.3) is 0 Å². The topological polar surface area (TPSA) is 116 Å². The minimum atomic E-state index is -1.29. The van der Waals surface area contributed by atoms with E-state index in [9.17, 15) is 24.0 Å². The molecule has 43 heavy (non-hydrogen) atoms. The van der Waals surface area contributed by atoms with Crippen molar-refractivity contribution >= 4 is 34.2 Å². The maximum Gasteiger partial charge on any atom is 0.242 e. The fraction of sp³-hybridized carbons (Fsp3) is 0.706. The van der Waals surface area contributed by atoms with Gasteiger partial charge in [-0.25, -0.2) is 0 Å². The van der Waals surface area contributed by atoms with Gasteiger partial charge in [-0.05, 0) is 76.0 Å². The molecule has 3 rings (SSSR count). The van der Waals surface area contributed by atoms with Gasteiger partial charge in [-0.1, -0.05) is 68.7 Å². The van der Waals surface area contributed by atoms with Crippen LogP contribution in [0.3, 0.4) is 0 Å². The molecule has 0 heterocycles. The van der Waals surface area contributed by atoms with E-state index in [1.807, 2.05) is 32.9 Å². The Morgan fingerprint density at radius 1 is 1.05 bits per heavy atom. The lowest BCUT2D eigenvalue weighted by atomic mass is 9.82. The Hall–Kier alpha value is -1.92. The van der Waals surface area contributed by atoms with Crippen LogP contribution in [0.2, 0.25) is 5.02 Å². The van der Waals surface area contributed by atoms with E-state index in [1.54, 1.807) is 12.1 Å². The highest BCUT2D eigenvalue weighted by atomic mass is 35.5. The molecule has 6 atom stereocenters. The van der Waals surface area contributed by atoms with Crippen LogP contribution in [-0.4, -0.2) is 61.0 Å². The third-order valence-corrected chi connectivity index (χ3v) is 11.0. The molecule has 1 unspecified atom stereocenters. The van der Waals surface area contributed by atoms with Gasteiger partial charge in [0.15, 0.2) is 0 Å². The van der Waals surface area contributed by atoms with Crippen LogP contribution in [0.5, 0.6) is 0 Å². The van der Waals surface area contributed by atoms with Gasteiger partial charge in [-0.15, -0.1) is 12.3 Å². The molecule has 2 aliphatic carbocycles. The van der Waals surface area contributed by atoms with E-state index in [0.29, 0.717) is 42.5 Å². The Morgan fingerprint density at radius 2 is 1.72 bits per heavy atom. The first kappa shape index (κ1) is 35.6. The number of halogens is 1. The Bertz CT molecular complexity index is 1120. The predicted molar refractivity (Wildman–Crippen MR) is 174 cm³/mol. The summed E-state index contributed by atoms with van der Waals surface area (Å²) < 4.78 is 12.7. The summed E-state index contributed by atoms with van der Waals surface area (Å²) in [7, 11) is -1.29. The molecule has 240 valence electrons. The van der Waals surface area contributed by atoms with Gasteiger partial charge in [0.05, 0.1) is 18.1 Å².